The van der Waals surface area contributed by atoms with Gasteiger partial charge in [0, 0.05) is 59.4 Å². The predicted octanol–water partition coefficient (Wildman–Crippen LogP) is 10.5. The van der Waals surface area contributed by atoms with E-state index in [1.54, 1.807) is 0 Å². The van der Waals surface area contributed by atoms with Gasteiger partial charge in [-0.1, -0.05) is 62.1 Å². The first-order chi connectivity index (χ1) is 21.5. The van der Waals surface area contributed by atoms with Crippen LogP contribution in [0.5, 0.6) is 0 Å². The molecule has 0 aliphatic heterocycles. The zero-order valence-electron chi connectivity index (χ0n) is 26.8. The number of para-hydroxylation sites is 1. The first-order valence-corrected chi connectivity index (χ1v) is 15.3. The fraction of sp³-hybridized carbons (Fsp3) is 0.200. The molecule has 6 heteroatoms. The molecular formula is C40H35IrN2O3-. The van der Waals surface area contributed by atoms with Crippen molar-refractivity contribution in [2.75, 3.05) is 0 Å². The van der Waals surface area contributed by atoms with Gasteiger partial charge in [0.1, 0.15) is 11.2 Å². The Labute approximate surface area is 281 Å². The zero-order chi connectivity index (χ0) is 31.6. The number of ketones is 1. The van der Waals surface area contributed by atoms with E-state index in [0.717, 1.165) is 39.6 Å². The molecule has 4 heterocycles. The number of hydrogen-bond donors (Lipinski definition) is 1. The topological polar surface area (TPSA) is 67.7 Å². The summed E-state index contributed by atoms with van der Waals surface area (Å²) >= 11 is 0. The second-order valence-corrected chi connectivity index (χ2v) is 13.3. The van der Waals surface area contributed by atoms with Crippen LogP contribution >= 0.6 is 0 Å². The van der Waals surface area contributed by atoms with Crippen molar-refractivity contribution in [3.05, 3.63) is 108 Å². The molecule has 0 spiro atoms. The maximum atomic E-state index is 10.0. The van der Waals surface area contributed by atoms with Crippen molar-refractivity contribution in [1.82, 2.24) is 9.38 Å². The Morgan fingerprint density at radius 3 is 2.26 bits per heavy atom. The predicted molar refractivity (Wildman–Crippen MR) is 185 cm³/mol. The Morgan fingerprint density at radius 1 is 0.891 bits per heavy atom. The molecule has 5 nitrogen and oxygen atoms in total. The van der Waals surface area contributed by atoms with Gasteiger partial charge < -0.3 is 18.9 Å². The van der Waals surface area contributed by atoms with Gasteiger partial charge in [0.05, 0.1) is 11.3 Å². The van der Waals surface area contributed by atoms with Crippen LogP contribution in [-0.4, -0.2) is 20.3 Å². The summed E-state index contributed by atoms with van der Waals surface area (Å²) in [4.78, 5) is 14.7. The number of hydrogen-bond acceptors (Lipinski definition) is 4. The summed E-state index contributed by atoms with van der Waals surface area (Å²) in [6.45, 7) is 11.9. The van der Waals surface area contributed by atoms with Gasteiger partial charge in [-0.05, 0) is 85.1 Å². The summed E-state index contributed by atoms with van der Waals surface area (Å²) in [7, 11) is 0. The molecule has 0 aliphatic rings. The van der Waals surface area contributed by atoms with Crippen molar-refractivity contribution in [2.45, 2.75) is 48.0 Å². The number of pyridine rings is 1. The van der Waals surface area contributed by atoms with Crippen LogP contribution in [0.4, 0.5) is 0 Å². The van der Waals surface area contributed by atoms with Gasteiger partial charge >= 0.3 is 0 Å². The quantitative estimate of drug-likeness (QED) is 0.110. The number of aliphatic hydroxyl groups is 1. The van der Waals surface area contributed by atoms with Crippen LogP contribution in [0.1, 0.15) is 45.7 Å². The number of fused-ring (bicyclic) bond motifs is 9. The number of aromatic nitrogens is 2. The minimum atomic E-state index is -0.125. The SMILES string of the molecule is CC(=O)/C=C(/C)O.Cc1ccnc(-c2[c-]cc3c(c2)c2cc(CC(C)(C)C)cc4c5cc6oc7ccccc7c6cc5n3c24)c1.[Ir]. The maximum Gasteiger partial charge on any atom is 0.155 e. The Bertz CT molecular complexity index is 2450. The van der Waals surface area contributed by atoms with Gasteiger partial charge in [0.15, 0.2) is 5.78 Å². The fourth-order valence-corrected chi connectivity index (χ4v) is 6.60. The van der Waals surface area contributed by atoms with Crippen molar-refractivity contribution in [2.24, 2.45) is 5.41 Å². The number of carbonyl (C=O) groups is 1. The van der Waals surface area contributed by atoms with Gasteiger partial charge in [-0.15, -0.1) is 23.8 Å². The van der Waals surface area contributed by atoms with Crippen molar-refractivity contribution in [1.29, 1.82) is 0 Å². The van der Waals surface area contributed by atoms with Crippen molar-refractivity contribution in [3.8, 4) is 11.3 Å². The van der Waals surface area contributed by atoms with Gasteiger partial charge in [-0.3, -0.25) is 4.79 Å². The van der Waals surface area contributed by atoms with E-state index in [1.807, 2.05) is 18.3 Å². The van der Waals surface area contributed by atoms with E-state index < -0.39 is 0 Å². The van der Waals surface area contributed by atoms with Crippen LogP contribution in [0.15, 0.2) is 95.2 Å². The summed E-state index contributed by atoms with van der Waals surface area (Å²) in [6, 6.07) is 29.8. The number of aliphatic hydroxyl groups excluding tert-OH is 1. The summed E-state index contributed by atoms with van der Waals surface area (Å²) in [5, 5.41) is 15.7. The molecule has 0 saturated heterocycles. The molecule has 0 fully saturated rings. The van der Waals surface area contributed by atoms with Gasteiger partial charge in [-0.2, -0.15) is 0 Å². The van der Waals surface area contributed by atoms with E-state index in [2.05, 4.69) is 104 Å². The smallest absolute Gasteiger partial charge is 0.155 e. The third-order valence-corrected chi connectivity index (χ3v) is 8.22. The summed E-state index contributed by atoms with van der Waals surface area (Å²) in [5.41, 5.74) is 10.3. The molecule has 0 saturated carbocycles. The second-order valence-electron chi connectivity index (χ2n) is 13.3. The molecule has 0 aliphatic carbocycles. The number of benzene rings is 4. The molecule has 1 radical (unpaired) electrons. The molecule has 0 atom stereocenters. The Kier molecular flexibility index (Phi) is 8.00. The monoisotopic (exact) mass is 784 g/mol. The minimum Gasteiger partial charge on any atom is -0.512 e. The molecule has 4 aromatic carbocycles. The standard InChI is InChI=1S/C35H27N2O.C5H8O2.Ir/c1-20-11-12-36-29(13-20)22-9-10-30-24(16-22)27-14-21(19-35(2,3)4)15-28-25-18-33-26(17-31(25)37(30)34(27)28)23-7-5-6-8-32(23)38-33;1-4(6)3-5(2)7;/h5-8,10-18H,19H2,1-4H3;3,6H,1-2H3;/q-1;;/b;4-3-;. The van der Waals surface area contributed by atoms with E-state index in [1.165, 1.54) is 69.1 Å². The maximum absolute atomic E-state index is 10.0. The van der Waals surface area contributed by atoms with Gasteiger partial charge in [0.2, 0.25) is 0 Å². The molecule has 0 bridgehead atoms. The molecule has 8 rings (SSSR count). The molecule has 4 aromatic heterocycles. The summed E-state index contributed by atoms with van der Waals surface area (Å²) in [5.74, 6) is -0.0625. The molecule has 233 valence electrons. The number of rotatable bonds is 3. The Balaban J connectivity index is 0.000000421. The minimum absolute atomic E-state index is 0. The van der Waals surface area contributed by atoms with Crippen LogP contribution in [0.3, 0.4) is 0 Å². The van der Waals surface area contributed by atoms with Crippen LogP contribution in [0.2, 0.25) is 0 Å². The third kappa shape index (κ3) is 5.57. The van der Waals surface area contributed by atoms with Gasteiger partial charge in [0.25, 0.3) is 0 Å². The Hall–Kier alpha value is -4.51. The van der Waals surface area contributed by atoms with Gasteiger partial charge in [-0.25, -0.2) is 0 Å². The normalized spacial score (nSPS) is 12.3. The fourth-order valence-electron chi connectivity index (χ4n) is 6.60. The van der Waals surface area contributed by atoms with Crippen LogP contribution in [0.25, 0.3) is 71.3 Å². The van der Waals surface area contributed by atoms with Crippen molar-refractivity contribution in [3.63, 3.8) is 0 Å². The van der Waals surface area contributed by atoms with Crippen molar-refractivity contribution >= 4 is 65.8 Å². The number of furan rings is 1. The van der Waals surface area contributed by atoms with Crippen LogP contribution < -0.4 is 0 Å². The number of nitrogens with zero attached hydrogens (tertiary/aromatic N) is 2. The third-order valence-electron chi connectivity index (χ3n) is 8.22. The van der Waals surface area contributed by atoms with E-state index in [-0.39, 0.29) is 37.1 Å². The first kappa shape index (κ1) is 31.5. The molecule has 46 heavy (non-hydrogen) atoms. The van der Waals surface area contributed by atoms with E-state index in [4.69, 9.17) is 9.52 Å². The second kappa shape index (κ2) is 11.7. The van der Waals surface area contributed by atoms with Crippen LogP contribution in [0, 0.1) is 18.4 Å². The molecule has 0 unspecified atom stereocenters. The molecule has 1 N–H and O–H groups in total. The summed E-state index contributed by atoms with van der Waals surface area (Å²) < 4.78 is 8.73. The van der Waals surface area contributed by atoms with E-state index in [9.17, 15) is 4.79 Å². The van der Waals surface area contributed by atoms with Crippen LogP contribution in [-0.2, 0) is 31.3 Å². The molecular weight excluding hydrogens is 749 g/mol. The largest absolute Gasteiger partial charge is 0.512 e. The molecule has 0 amide bonds. The number of aryl methyl sites for hydroxylation is 1. The summed E-state index contributed by atoms with van der Waals surface area (Å²) in [6.07, 6.45) is 4.06. The average Bonchev–Trinajstić information content (AvgIpc) is 3.60. The first-order valence-electron chi connectivity index (χ1n) is 15.3. The number of allylic oxidation sites excluding steroid dienone is 2. The van der Waals surface area contributed by atoms with E-state index >= 15 is 0 Å². The van der Waals surface area contributed by atoms with Crippen molar-refractivity contribution < 1.29 is 34.4 Å². The van der Waals surface area contributed by atoms with E-state index in [0.29, 0.717) is 0 Å². The number of carbonyl (C=O) groups excluding carboxylic acids is 1. The molecule has 8 aromatic rings. The zero-order valence-corrected chi connectivity index (χ0v) is 29.2. The average molecular weight is 784 g/mol. The Morgan fingerprint density at radius 2 is 1.61 bits per heavy atom.